The molecule has 2 fully saturated rings. The highest BCUT2D eigenvalue weighted by Gasteiger charge is 2.31. The summed E-state index contributed by atoms with van der Waals surface area (Å²) < 4.78 is 24.3. The van der Waals surface area contributed by atoms with E-state index in [4.69, 9.17) is 9.47 Å². The molecule has 2 saturated heterocycles. The van der Waals surface area contributed by atoms with Crippen LogP contribution in [0.1, 0.15) is 56.5 Å². The molecule has 14 heteroatoms. The lowest BCUT2D eigenvalue weighted by Gasteiger charge is -2.43. The number of carbonyl (C=O) groups excluding carboxylic acids is 1. The van der Waals surface area contributed by atoms with Crippen molar-refractivity contribution < 1.29 is 28.7 Å². The van der Waals surface area contributed by atoms with E-state index in [-0.39, 0.29) is 23.4 Å². The summed E-state index contributed by atoms with van der Waals surface area (Å²) >= 11 is 0. The van der Waals surface area contributed by atoms with E-state index in [0.29, 0.717) is 41.6 Å². The van der Waals surface area contributed by atoms with Gasteiger partial charge in [-0.25, -0.2) is 14.6 Å². The van der Waals surface area contributed by atoms with Crippen LogP contribution >= 0.6 is 7.14 Å². The van der Waals surface area contributed by atoms with Crippen molar-refractivity contribution in [3.05, 3.63) is 53.7 Å². The molecule has 3 aromatic rings. The van der Waals surface area contributed by atoms with Gasteiger partial charge in [-0.2, -0.15) is 4.98 Å². The SMILES string of the molecule is CCc1cc(Nc2ncc(C(=O)O)c(Nc3ccccc3P(C)(C)=O)n2)c(OC)cc1N1CCC(N2CCN(C(=O)OC(C)(C)C)CC2)CC1. The molecule has 0 unspecified atom stereocenters. The van der Waals surface area contributed by atoms with Gasteiger partial charge in [-0.05, 0) is 77.1 Å². The van der Waals surface area contributed by atoms with Gasteiger partial charge in [0.1, 0.15) is 24.1 Å². The zero-order valence-corrected chi connectivity index (χ0v) is 31.0. The predicted octanol–water partition coefficient (Wildman–Crippen LogP) is 6.00. The van der Waals surface area contributed by atoms with Crippen LogP contribution in [0.15, 0.2) is 42.6 Å². The van der Waals surface area contributed by atoms with Gasteiger partial charge in [0.05, 0.1) is 18.5 Å². The molecule has 0 bridgehead atoms. The number of carbonyl (C=O) groups is 2. The van der Waals surface area contributed by atoms with E-state index in [1.54, 1.807) is 44.7 Å². The van der Waals surface area contributed by atoms with E-state index in [2.05, 4.69) is 37.3 Å². The molecule has 0 radical (unpaired) electrons. The summed E-state index contributed by atoms with van der Waals surface area (Å²) in [4.78, 5) is 40.2. The van der Waals surface area contributed by atoms with Crippen LogP contribution in [0.5, 0.6) is 5.75 Å². The number of hydrogen-bond acceptors (Lipinski definition) is 11. The number of methoxy groups -OCH3 is 1. The van der Waals surface area contributed by atoms with Crippen molar-refractivity contribution in [1.29, 1.82) is 0 Å². The number of ether oxygens (including phenoxy) is 2. The third kappa shape index (κ3) is 8.86. The Morgan fingerprint density at radius 1 is 1.00 bits per heavy atom. The number of aryl methyl sites for hydroxylation is 1. The lowest BCUT2D eigenvalue weighted by atomic mass is 9.99. The molecule has 13 nitrogen and oxygen atoms in total. The summed E-state index contributed by atoms with van der Waals surface area (Å²) in [5.41, 5.74) is 2.82. The monoisotopic (exact) mass is 707 g/mol. The first-order chi connectivity index (χ1) is 23.7. The predicted molar refractivity (Wildman–Crippen MR) is 198 cm³/mol. The zero-order valence-electron chi connectivity index (χ0n) is 30.2. The van der Waals surface area contributed by atoms with Crippen LogP contribution in [-0.2, 0) is 15.7 Å². The van der Waals surface area contributed by atoms with Crippen molar-refractivity contribution in [3.8, 4) is 5.75 Å². The summed E-state index contributed by atoms with van der Waals surface area (Å²) in [6.45, 7) is 16.0. The Morgan fingerprint density at radius 2 is 1.68 bits per heavy atom. The first-order valence-corrected chi connectivity index (χ1v) is 19.7. The average Bonchev–Trinajstić information content (AvgIpc) is 3.07. The van der Waals surface area contributed by atoms with Crippen molar-refractivity contribution in [2.45, 2.75) is 58.6 Å². The molecular weight excluding hydrogens is 657 g/mol. The molecule has 0 atom stereocenters. The highest BCUT2D eigenvalue weighted by atomic mass is 31.2. The van der Waals surface area contributed by atoms with Gasteiger partial charge in [-0.1, -0.05) is 19.1 Å². The highest BCUT2D eigenvalue weighted by Crippen LogP contribution is 2.39. The second-order valence-corrected chi connectivity index (χ2v) is 17.3. The fourth-order valence-corrected chi connectivity index (χ4v) is 7.67. The van der Waals surface area contributed by atoms with Crippen molar-refractivity contribution in [2.75, 3.05) is 75.2 Å². The van der Waals surface area contributed by atoms with Crippen LogP contribution in [0.4, 0.5) is 33.6 Å². The molecule has 0 spiro atoms. The Bertz CT molecular complexity index is 1740. The molecule has 0 saturated carbocycles. The third-order valence-corrected chi connectivity index (χ3v) is 10.6. The van der Waals surface area contributed by atoms with Crippen molar-refractivity contribution in [3.63, 3.8) is 0 Å². The molecule has 1 aromatic heterocycles. The highest BCUT2D eigenvalue weighted by molar-refractivity contribution is 7.70. The zero-order chi connectivity index (χ0) is 36.2. The van der Waals surface area contributed by atoms with Gasteiger partial charge >= 0.3 is 12.1 Å². The maximum Gasteiger partial charge on any atom is 0.410 e. The number of amides is 1. The molecule has 270 valence electrons. The number of nitrogens with zero attached hydrogens (tertiary/aromatic N) is 5. The van der Waals surface area contributed by atoms with Gasteiger partial charge < -0.3 is 39.6 Å². The molecule has 1 amide bonds. The van der Waals surface area contributed by atoms with Gasteiger partial charge in [0, 0.05) is 68.6 Å². The molecule has 2 aliphatic heterocycles. The topological polar surface area (TPSA) is 149 Å². The van der Waals surface area contributed by atoms with Crippen molar-refractivity contribution in [2.24, 2.45) is 0 Å². The maximum atomic E-state index is 12.9. The molecule has 50 heavy (non-hydrogen) atoms. The second kappa shape index (κ2) is 15.3. The summed E-state index contributed by atoms with van der Waals surface area (Å²) in [5.74, 6) is -0.306. The first kappa shape index (κ1) is 36.9. The van der Waals surface area contributed by atoms with Crippen LogP contribution < -0.4 is 25.6 Å². The average molecular weight is 708 g/mol. The maximum absolute atomic E-state index is 12.9. The van der Waals surface area contributed by atoms with Gasteiger partial charge in [-0.15, -0.1) is 0 Å². The largest absolute Gasteiger partial charge is 0.494 e. The minimum Gasteiger partial charge on any atom is -0.494 e. The minimum atomic E-state index is -2.67. The van der Waals surface area contributed by atoms with E-state index in [1.807, 2.05) is 37.8 Å². The molecule has 5 rings (SSSR count). The summed E-state index contributed by atoms with van der Waals surface area (Å²) in [6, 6.07) is 11.6. The third-order valence-electron chi connectivity index (χ3n) is 9.07. The number of anilines is 5. The summed E-state index contributed by atoms with van der Waals surface area (Å²) in [5, 5.41) is 16.8. The van der Waals surface area contributed by atoms with Crippen molar-refractivity contribution >= 4 is 53.3 Å². The van der Waals surface area contributed by atoms with Crippen LogP contribution in [-0.4, -0.2) is 108 Å². The molecule has 3 heterocycles. The Hall–Kier alpha value is -4.35. The van der Waals surface area contributed by atoms with Gasteiger partial charge in [0.25, 0.3) is 0 Å². The van der Waals surface area contributed by atoms with Crippen molar-refractivity contribution in [1.82, 2.24) is 19.8 Å². The number of hydrogen-bond donors (Lipinski definition) is 3. The number of aromatic nitrogens is 2. The minimum absolute atomic E-state index is 0.0799. The quantitative estimate of drug-likeness (QED) is 0.212. The number of nitrogens with one attached hydrogen (secondary N) is 2. The number of para-hydroxylation sites is 1. The fourth-order valence-electron chi connectivity index (χ4n) is 6.52. The number of carboxylic acid groups (broad SMARTS) is 1. The van der Waals surface area contributed by atoms with Gasteiger partial charge in [0.2, 0.25) is 5.95 Å². The van der Waals surface area contributed by atoms with E-state index < -0.39 is 18.7 Å². The van der Waals surface area contributed by atoms with Crippen LogP contribution in [0.2, 0.25) is 0 Å². The summed E-state index contributed by atoms with van der Waals surface area (Å²) in [6.07, 6.45) is 3.84. The number of carboxylic acids is 1. The van der Waals surface area contributed by atoms with Crippen LogP contribution in [0.3, 0.4) is 0 Å². The van der Waals surface area contributed by atoms with Crippen LogP contribution in [0, 0.1) is 0 Å². The van der Waals surface area contributed by atoms with E-state index in [1.165, 1.54) is 6.20 Å². The molecule has 2 aliphatic rings. The van der Waals surface area contributed by atoms with Crippen LogP contribution in [0.25, 0.3) is 0 Å². The molecular formula is C36H50N7O6P. The lowest BCUT2D eigenvalue weighted by molar-refractivity contribution is 0.00900. The molecule has 3 N–H and O–H groups in total. The standard InChI is InChI=1S/C36H50N7O6P/c1-8-24-21-28(39-34-37-23-26(33(44)45)32(40-34)38-27-11-9-10-12-31(27)50(6,7)47)30(48-5)22-29(24)42-15-13-25(14-16-42)41-17-19-43(20-18-41)35(46)49-36(2,3)4/h9-12,21-23,25H,8,13-20H2,1-7H3,(H,44,45)(H2,37,38,39,40). The smallest absolute Gasteiger partial charge is 0.410 e. The fraction of sp³-hybridized carbons (Fsp3) is 0.500. The Kier molecular flexibility index (Phi) is 11.3. The Labute approximate surface area is 294 Å². The lowest BCUT2D eigenvalue weighted by Crippen LogP contribution is -2.55. The Morgan fingerprint density at radius 3 is 2.28 bits per heavy atom. The number of piperidine rings is 1. The summed E-state index contributed by atoms with van der Waals surface area (Å²) in [7, 11) is -1.05. The number of benzene rings is 2. The van der Waals surface area contributed by atoms with Gasteiger partial charge in [0.15, 0.2) is 5.82 Å². The number of rotatable bonds is 10. The Balaban J connectivity index is 1.29. The van der Waals surface area contributed by atoms with E-state index in [0.717, 1.165) is 56.7 Å². The van der Waals surface area contributed by atoms with E-state index >= 15 is 0 Å². The van der Waals surface area contributed by atoms with Gasteiger partial charge in [-0.3, -0.25) is 4.90 Å². The number of piperazine rings is 1. The second-order valence-electron chi connectivity index (χ2n) is 14.1. The first-order valence-electron chi connectivity index (χ1n) is 17.1. The number of aromatic carboxylic acids is 1. The molecule has 0 aliphatic carbocycles. The van der Waals surface area contributed by atoms with E-state index in [9.17, 15) is 19.3 Å². The normalized spacial score (nSPS) is 16.2. The molecule has 2 aromatic carbocycles.